The standard InChI is InChI=1S/C20H23ClFN3O2/c1-13(2)18(24-20(27)23-14-8-5-4-6-9-14)19(26)25(3)12-15-16(21)10-7-11-17(15)22/h4-11,13,18H,12H2,1-3H3,(H2,23,24,27). The minimum atomic E-state index is -0.760. The van der Waals surface area contributed by atoms with Gasteiger partial charge in [-0.25, -0.2) is 9.18 Å². The van der Waals surface area contributed by atoms with E-state index in [-0.39, 0.29) is 29.0 Å². The second kappa shape index (κ2) is 9.37. The van der Waals surface area contributed by atoms with Gasteiger partial charge in [0.25, 0.3) is 0 Å². The molecule has 144 valence electrons. The van der Waals surface area contributed by atoms with E-state index < -0.39 is 17.9 Å². The van der Waals surface area contributed by atoms with Gasteiger partial charge in [-0.05, 0) is 30.2 Å². The number of urea groups is 1. The van der Waals surface area contributed by atoms with Gasteiger partial charge in [-0.3, -0.25) is 4.79 Å². The van der Waals surface area contributed by atoms with Crippen molar-refractivity contribution in [2.24, 2.45) is 5.92 Å². The maximum absolute atomic E-state index is 14.0. The summed E-state index contributed by atoms with van der Waals surface area (Å²) in [6, 6.07) is 12.1. The van der Waals surface area contributed by atoms with Gasteiger partial charge in [-0.1, -0.05) is 49.7 Å². The fourth-order valence-corrected chi connectivity index (χ4v) is 2.80. The first kappa shape index (κ1) is 20.7. The lowest BCUT2D eigenvalue weighted by molar-refractivity contribution is -0.133. The van der Waals surface area contributed by atoms with Crippen molar-refractivity contribution >= 4 is 29.2 Å². The summed E-state index contributed by atoms with van der Waals surface area (Å²) in [7, 11) is 1.55. The van der Waals surface area contributed by atoms with E-state index in [1.165, 1.54) is 17.0 Å². The van der Waals surface area contributed by atoms with Gasteiger partial charge in [0.1, 0.15) is 11.9 Å². The average molecular weight is 392 g/mol. The Labute approximate surface area is 163 Å². The summed E-state index contributed by atoms with van der Waals surface area (Å²) in [5.41, 5.74) is 0.864. The number of carbonyl (C=O) groups excluding carboxylic acids is 2. The number of para-hydroxylation sites is 1. The van der Waals surface area contributed by atoms with Crippen LogP contribution in [0.25, 0.3) is 0 Å². The molecule has 0 bridgehead atoms. The molecule has 2 aromatic rings. The first-order valence-electron chi connectivity index (χ1n) is 8.60. The van der Waals surface area contributed by atoms with Gasteiger partial charge >= 0.3 is 6.03 Å². The van der Waals surface area contributed by atoms with E-state index in [0.29, 0.717) is 5.69 Å². The smallest absolute Gasteiger partial charge is 0.319 e. The van der Waals surface area contributed by atoms with Crippen LogP contribution in [0.1, 0.15) is 19.4 Å². The van der Waals surface area contributed by atoms with Crippen LogP contribution in [-0.2, 0) is 11.3 Å². The Morgan fingerprint density at radius 2 is 1.78 bits per heavy atom. The molecule has 2 N–H and O–H groups in total. The average Bonchev–Trinajstić information content (AvgIpc) is 2.62. The molecule has 1 unspecified atom stereocenters. The molecule has 0 radical (unpaired) electrons. The minimum absolute atomic E-state index is 0.00947. The van der Waals surface area contributed by atoms with Crippen molar-refractivity contribution < 1.29 is 14.0 Å². The normalized spacial score (nSPS) is 11.8. The maximum atomic E-state index is 14.0. The Hall–Kier alpha value is -2.60. The van der Waals surface area contributed by atoms with Crippen molar-refractivity contribution in [3.05, 3.63) is 64.9 Å². The number of rotatable bonds is 6. The third-order valence-corrected chi connectivity index (χ3v) is 4.44. The Balaban J connectivity index is 2.06. The lowest BCUT2D eigenvalue weighted by Crippen LogP contribution is -2.51. The van der Waals surface area contributed by atoms with Gasteiger partial charge in [-0.15, -0.1) is 0 Å². The zero-order valence-electron chi connectivity index (χ0n) is 15.5. The number of amides is 3. The van der Waals surface area contributed by atoms with E-state index in [4.69, 9.17) is 11.6 Å². The highest BCUT2D eigenvalue weighted by Crippen LogP contribution is 2.21. The highest BCUT2D eigenvalue weighted by Gasteiger charge is 2.27. The summed E-state index contributed by atoms with van der Waals surface area (Å²) in [4.78, 5) is 26.4. The van der Waals surface area contributed by atoms with Crippen molar-refractivity contribution in [2.45, 2.75) is 26.4 Å². The molecule has 1 atom stereocenters. The first-order valence-corrected chi connectivity index (χ1v) is 8.97. The van der Waals surface area contributed by atoms with Crippen molar-refractivity contribution in [1.82, 2.24) is 10.2 Å². The molecule has 0 aliphatic rings. The van der Waals surface area contributed by atoms with E-state index in [1.54, 1.807) is 37.4 Å². The van der Waals surface area contributed by atoms with Crippen LogP contribution in [-0.4, -0.2) is 29.9 Å². The molecule has 0 heterocycles. The maximum Gasteiger partial charge on any atom is 0.319 e. The predicted octanol–water partition coefficient (Wildman–Crippen LogP) is 4.28. The third-order valence-electron chi connectivity index (χ3n) is 4.08. The molecule has 0 saturated heterocycles. The van der Waals surface area contributed by atoms with E-state index in [9.17, 15) is 14.0 Å². The van der Waals surface area contributed by atoms with Gasteiger partial charge < -0.3 is 15.5 Å². The molecule has 0 saturated carbocycles. The van der Waals surface area contributed by atoms with Crippen molar-refractivity contribution in [3.63, 3.8) is 0 Å². The molecule has 0 aromatic heterocycles. The topological polar surface area (TPSA) is 61.4 Å². The molecule has 0 aliphatic heterocycles. The predicted molar refractivity (Wildman–Crippen MR) is 105 cm³/mol. The highest BCUT2D eigenvalue weighted by atomic mass is 35.5. The van der Waals surface area contributed by atoms with Gasteiger partial charge in [-0.2, -0.15) is 0 Å². The number of nitrogens with zero attached hydrogens (tertiary/aromatic N) is 1. The third kappa shape index (κ3) is 5.69. The highest BCUT2D eigenvalue weighted by molar-refractivity contribution is 6.31. The van der Waals surface area contributed by atoms with Crippen LogP contribution in [0.3, 0.4) is 0 Å². The molecule has 0 spiro atoms. The Bertz CT molecular complexity index is 779. The molecular weight excluding hydrogens is 369 g/mol. The molecule has 3 amide bonds. The van der Waals surface area contributed by atoms with Crippen LogP contribution in [0.5, 0.6) is 0 Å². The number of nitrogens with one attached hydrogen (secondary N) is 2. The number of benzene rings is 2. The fourth-order valence-electron chi connectivity index (χ4n) is 2.58. The van der Waals surface area contributed by atoms with Gasteiger partial charge in [0.05, 0.1) is 0 Å². The van der Waals surface area contributed by atoms with Crippen LogP contribution >= 0.6 is 11.6 Å². The lowest BCUT2D eigenvalue weighted by atomic mass is 10.0. The monoisotopic (exact) mass is 391 g/mol. The lowest BCUT2D eigenvalue weighted by Gasteiger charge is -2.27. The zero-order valence-corrected chi connectivity index (χ0v) is 16.3. The van der Waals surface area contributed by atoms with E-state index in [2.05, 4.69) is 10.6 Å². The van der Waals surface area contributed by atoms with Crippen LogP contribution in [0.15, 0.2) is 48.5 Å². The fraction of sp³-hybridized carbons (Fsp3) is 0.300. The summed E-state index contributed by atoms with van der Waals surface area (Å²) in [6.07, 6.45) is 0. The first-order chi connectivity index (χ1) is 12.8. The van der Waals surface area contributed by atoms with Gasteiger partial charge in [0.15, 0.2) is 0 Å². The molecule has 0 fully saturated rings. The number of anilines is 1. The Morgan fingerprint density at radius 3 is 2.37 bits per heavy atom. The van der Waals surface area contributed by atoms with Gasteiger partial charge in [0.2, 0.25) is 5.91 Å². The Kier molecular flexibility index (Phi) is 7.19. The molecule has 2 rings (SSSR count). The van der Waals surface area contributed by atoms with Crippen LogP contribution in [0, 0.1) is 11.7 Å². The second-order valence-corrected chi connectivity index (χ2v) is 6.99. The summed E-state index contributed by atoms with van der Waals surface area (Å²) in [5, 5.41) is 5.63. The van der Waals surface area contributed by atoms with Crippen molar-refractivity contribution in [2.75, 3.05) is 12.4 Å². The molecule has 0 aliphatic carbocycles. The van der Waals surface area contributed by atoms with E-state index in [0.717, 1.165) is 0 Å². The molecule has 2 aromatic carbocycles. The van der Waals surface area contributed by atoms with Crippen LogP contribution < -0.4 is 10.6 Å². The molecule has 27 heavy (non-hydrogen) atoms. The SMILES string of the molecule is CC(C)C(NC(=O)Nc1ccccc1)C(=O)N(C)Cc1c(F)cccc1Cl. The number of carbonyl (C=O) groups is 2. The van der Waals surface area contributed by atoms with E-state index in [1.807, 2.05) is 19.9 Å². The molecule has 7 heteroatoms. The zero-order chi connectivity index (χ0) is 20.0. The number of halogens is 2. The number of likely N-dealkylation sites (N-methyl/N-ethyl adjacent to an activating group) is 1. The van der Waals surface area contributed by atoms with Crippen molar-refractivity contribution in [1.29, 1.82) is 0 Å². The van der Waals surface area contributed by atoms with Gasteiger partial charge in [0, 0.05) is 29.9 Å². The quantitative estimate of drug-likeness (QED) is 0.771. The second-order valence-electron chi connectivity index (χ2n) is 6.58. The van der Waals surface area contributed by atoms with Crippen LogP contribution in [0.4, 0.5) is 14.9 Å². The molecule has 5 nitrogen and oxygen atoms in total. The largest absolute Gasteiger partial charge is 0.339 e. The summed E-state index contributed by atoms with van der Waals surface area (Å²) < 4.78 is 14.0. The number of hydrogen-bond donors (Lipinski definition) is 2. The summed E-state index contributed by atoms with van der Waals surface area (Å²) in [5.74, 6) is -0.955. The van der Waals surface area contributed by atoms with Crippen molar-refractivity contribution in [3.8, 4) is 0 Å². The minimum Gasteiger partial charge on any atom is -0.339 e. The van der Waals surface area contributed by atoms with Crippen LogP contribution in [0.2, 0.25) is 5.02 Å². The summed E-state index contributed by atoms with van der Waals surface area (Å²) in [6.45, 7) is 3.67. The summed E-state index contributed by atoms with van der Waals surface area (Å²) >= 11 is 6.04. The molecular formula is C20H23ClFN3O2. The number of hydrogen-bond acceptors (Lipinski definition) is 2. The van der Waals surface area contributed by atoms with E-state index >= 15 is 0 Å². The Morgan fingerprint density at radius 1 is 1.11 bits per heavy atom.